The van der Waals surface area contributed by atoms with E-state index in [9.17, 15) is 22.8 Å². The summed E-state index contributed by atoms with van der Waals surface area (Å²) in [5, 5.41) is 7.63. The van der Waals surface area contributed by atoms with Crippen LogP contribution < -0.4 is 4.90 Å². The summed E-state index contributed by atoms with van der Waals surface area (Å²) in [7, 11) is 1.63. The number of carbonyl (C=O) groups excluding carboxylic acids is 2. The van der Waals surface area contributed by atoms with Crippen molar-refractivity contribution in [3.8, 4) is 0 Å². The second-order valence-electron chi connectivity index (χ2n) is 9.94. The molecule has 6 rings (SSSR count). The van der Waals surface area contributed by atoms with Gasteiger partial charge in [0.2, 0.25) is 0 Å². The summed E-state index contributed by atoms with van der Waals surface area (Å²) in [6, 6.07) is 8.69. The predicted octanol–water partition coefficient (Wildman–Crippen LogP) is 4.57. The van der Waals surface area contributed by atoms with Crippen molar-refractivity contribution in [3.63, 3.8) is 0 Å². The average Bonchev–Trinajstić information content (AvgIpc) is 3.51. The molecule has 1 saturated carbocycles. The van der Waals surface area contributed by atoms with Gasteiger partial charge in [0.05, 0.1) is 30.7 Å². The van der Waals surface area contributed by atoms with Crippen LogP contribution in [-0.2, 0) is 29.9 Å². The molecule has 1 amide bonds. The second kappa shape index (κ2) is 8.20. The van der Waals surface area contributed by atoms with E-state index in [2.05, 4.69) is 10.2 Å². The number of benzene rings is 2. The van der Waals surface area contributed by atoms with Crippen molar-refractivity contribution in [2.45, 2.75) is 37.1 Å². The number of aryl methyl sites for hydroxylation is 1. The number of Topliss-reactive ketones (excluding diaryl/α,β-unsaturated/α-hetero) is 1. The highest BCUT2D eigenvalue weighted by Crippen LogP contribution is 2.47. The highest BCUT2D eigenvalue weighted by Gasteiger charge is 2.51. The maximum atomic E-state index is 15.7. The topological polar surface area (TPSA) is 77.3 Å². The molecular formula is C26H22F4N4O3. The number of amides is 1. The van der Waals surface area contributed by atoms with Crippen molar-refractivity contribution >= 4 is 17.4 Å². The fourth-order valence-corrected chi connectivity index (χ4v) is 5.13. The Kier molecular flexibility index (Phi) is 5.27. The average molecular weight is 514 g/mol. The molecule has 0 spiro atoms. The van der Waals surface area contributed by atoms with Gasteiger partial charge >= 0.3 is 6.18 Å². The zero-order valence-electron chi connectivity index (χ0n) is 19.8. The Hall–Kier alpha value is -3.60. The van der Waals surface area contributed by atoms with E-state index in [4.69, 9.17) is 4.74 Å². The van der Waals surface area contributed by atoms with Gasteiger partial charge in [0.15, 0.2) is 17.8 Å². The van der Waals surface area contributed by atoms with Crippen LogP contribution in [0.15, 0.2) is 42.7 Å². The van der Waals surface area contributed by atoms with Crippen LogP contribution in [0.25, 0.3) is 0 Å². The van der Waals surface area contributed by atoms with Crippen LogP contribution >= 0.6 is 0 Å². The quantitative estimate of drug-likeness (QED) is 0.356. The zero-order valence-corrected chi connectivity index (χ0v) is 19.8. The summed E-state index contributed by atoms with van der Waals surface area (Å²) in [6.45, 7) is -0.163. The minimum absolute atomic E-state index is 0.0729. The first-order valence-electron chi connectivity index (χ1n) is 11.9. The Morgan fingerprint density at radius 1 is 1.19 bits per heavy atom. The molecule has 3 aliphatic rings. The van der Waals surface area contributed by atoms with E-state index in [1.807, 2.05) is 0 Å². The molecule has 1 aromatic heterocycles. The lowest BCUT2D eigenvalue weighted by molar-refractivity contribution is -0.138. The van der Waals surface area contributed by atoms with Gasteiger partial charge in [-0.25, -0.2) is 4.39 Å². The van der Waals surface area contributed by atoms with E-state index in [-0.39, 0.29) is 54.0 Å². The molecule has 2 fully saturated rings. The van der Waals surface area contributed by atoms with Crippen LogP contribution in [0.1, 0.15) is 62.2 Å². The molecule has 1 saturated heterocycles. The summed E-state index contributed by atoms with van der Waals surface area (Å²) < 4.78 is 64.5. The summed E-state index contributed by atoms with van der Waals surface area (Å²) >= 11 is 0. The molecule has 1 aliphatic carbocycles. The predicted molar refractivity (Wildman–Crippen MR) is 123 cm³/mol. The maximum Gasteiger partial charge on any atom is 0.416 e. The van der Waals surface area contributed by atoms with Gasteiger partial charge in [0, 0.05) is 29.8 Å². The van der Waals surface area contributed by atoms with Crippen LogP contribution in [0.2, 0.25) is 0 Å². The zero-order chi connectivity index (χ0) is 26.1. The van der Waals surface area contributed by atoms with Crippen molar-refractivity contribution in [2.24, 2.45) is 13.0 Å². The maximum absolute atomic E-state index is 15.7. The smallest absolute Gasteiger partial charge is 0.379 e. The number of hydrogen-bond acceptors (Lipinski definition) is 5. The van der Waals surface area contributed by atoms with Crippen LogP contribution in [0, 0.1) is 5.92 Å². The van der Waals surface area contributed by atoms with E-state index < -0.39 is 29.2 Å². The Bertz CT molecular complexity index is 1430. The van der Waals surface area contributed by atoms with Crippen molar-refractivity contribution < 1.29 is 31.9 Å². The van der Waals surface area contributed by atoms with Gasteiger partial charge < -0.3 is 14.2 Å². The van der Waals surface area contributed by atoms with E-state index in [0.29, 0.717) is 24.1 Å². The van der Waals surface area contributed by atoms with Crippen LogP contribution in [0.3, 0.4) is 0 Å². The summed E-state index contributed by atoms with van der Waals surface area (Å²) in [6.07, 6.45) is -3.61. The fourth-order valence-electron chi connectivity index (χ4n) is 5.13. The Morgan fingerprint density at radius 2 is 1.95 bits per heavy atom. The molecule has 3 heterocycles. The molecule has 192 valence electrons. The molecular weight excluding hydrogens is 492 g/mol. The lowest BCUT2D eigenvalue weighted by atomic mass is 9.74. The summed E-state index contributed by atoms with van der Waals surface area (Å²) in [4.78, 5) is 27.2. The van der Waals surface area contributed by atoms with Gasteiger partial charge in [0.25, 0.3) is 5.91 Å². The third-order valence-electron chi connectivity index (χ3n) is 7.49. The van der Waals surface area contributed by atoms with Gasteiger partial charge in [-0.2, -0.15) is 13.2 Å². The van der Waals surface area contributed by atoms with Gasteiger partial charge in [-0.3, -0.25) is 9.59 Å². The van der Waals surface area contributed by atoms with Crippen LogP contribution in [-0.4, -0.2) is 39.7 Å². The second-order valence-corrected chi connectivity index (χ2v) is 9.94. The first-order valence-corrected chi connectivity index (χ1v) is 11.9. The molecule has 1 unspecified atom stereocenters. The van der Waals surface area contributed by atoms with Crippen LogP contribution in [0.4, 0.5) is 23.2 Å². The standard InChI is InChI=1S/C26H22F4N4O3/c1-33-13-31-32-23(33)22(27)25(11-37-12-25)16-3-2-4-17(9-16)34-10-19-18(24(34)36)7-15(21(35)14-5-6-14)8-20(19)26(28,29)30/h2-4,7-9,13-14,22H,5-6,10-12H2,1H3. The first-order chi connectivity index (χ1) is 17.6. The Labute approximate surface area is 209 Å². The minimum atomic E-state index is -4.73. The largest absolute Gasteiger partial charge is 0.416 e. The lowest BCUT2D eigenvalue weighted by Crippen LogP contribution is -2.50. The number of alkyl halides is 4. The number of aromatic nitrogens is 3. The highest BCUT2D eigenvalue weighted by atomic mass is 19.4. The lowest BCUT2D eigenvalue weighted by Gasteiger charge is -2.43. The SMILES string of the molecule is Cn1cnnc1C(F)C1(c2cccc(N3Cc4c(cc(C(=O)C5CC5)cc4C(F)(F)F)C3=O)c2)COC1. The van der Waals surface area contributed by atoms with Crippen molar-refractivity contribution in [1.82, 2.24) is 14.8 Å². The molecule has 2 aromatic carbocycles. The summed E-state index contributed by atoms with van der Waals surface area (Å²) in [5.74, 6) is -1.16. The number of anilines is 1. The summed E-state index contributed by atoms with van der Waals surface area (Å²) in [5.41, 5.74) is -1.57. The van der Waals surface area contributed by atoms with Crippen molar-refractivity contribution in [3.05, 3.63) is 76.4 Å². The number of nitrogens with zero attached hydrogens (tertiary/aromatic N) is 4. The molecule has 0 radical (unpaired) electrons. The number of carbonyl (C=O) groups is 2. The van der Waals surface area contributed by atoms with Gasteiger partial charge in [-0.15, -0.1) is 10.2 Å². The van der Waals surface area contributed by atoms with Crippen molar-refractivity contribution in [1.29, 1.82) is 0 Å². The number of hydrogen-bond donors (Lipinski definition) is 0. The third kappa shape index (κ3) is 3.75. The third-order valence-corrected chi connectivity index (χ3v) is 7.49. The van der Waals surface area contributed by atoms with E-state index in [0.717, 1.165) is 6.07 Å². The Balaban J connectivity index is 1.37. The van der Waals surface area contributed by atoms with Gasteiger partial charge in [-0.05, 0) is 48.2 Å². The molecule has 11 heteroatoms. The monoisotopic (exact) mass is 514 g/mol. The molecule has 7 nitrogen and oxygen atoms in total. The number of fused-ring (bicyclic) bond motifs is 1. The number of rotatable bonds is 6. The number of ketones is 1. The number of halogens is 4. The highest BCUT2D eigenvalue weighted by molar-refractivity contribution is 6.12. The van der Waals surface area contributed by atoms with E-state index in [1.165, 1.54) is 21.9 Å². The molecule has 37 heavy (non-hydrogen) atoms. The normalized spacial score (nSPS) is 19.5. The van der Waals surface area contributed by atoms with E-state index >= 15 is 4.39 Å². The van der Waals surface area contributed by atoms with Crippen LogP contribution in [0.5, 0.6) is 0 Å². The minimum Gasteiger partial charge on any atom is -0.379 e. The number of ether oxygens (including phenoxy) is 1. The molecule has 1 atom stereocenters. The molecule has 0 N–H and O–H groups in total. The Morgan fingerprint density at radius 3 is 2.54 bits per heavy atom. The van der Waals surface area contributed by atoms with Gasteiger partial charge in [0.1, 0.15) is 6.33 Å². The first kappa shape index (κ1) is 23.8. The molecule has 2 aliphatic heterocycles. The molecule has 3 aromatic rings. The molecule has 0 bridgehead atoms. The van der Waals surface area contributed by atoms with Crippen molar-refractivity contribution in [2.75, 3.05) is 18.1 Å². The van der Waals surface area contributed by atoms with Gasteiger partial charge in [-0.1, -0.05) is 12.1 Å². The fraction of sp³-hybridized carbons (Fsp3) is 0.385. The van der Waals surface area contributed by atoms with E-state index in [1.54, 1.807) is 31.3 Å².